The number of carbonyl (C=O) groups excluding carboxylic acids is 1. The molecule has 2 heterocycles. The molecule has 1 aromatic heterocycles. The molecule has 6 rings (SSSR count). The molecule has 1 N–H and O–H groups in total. The molecule has 0 unspecified atom stereocenters. The van der Waals surface area contributed by atoms with Crippen LogP contribution in [-0.2, 0) is 13.2 Å². The first-order valence-electron chi connectivity index (χ1n) is 15.0. The van der Waals surface area contributed by atoms with E-state index in [0.717, 1.165) is 22.3 Å². The van der Waals surface area contributed by atoms with Gasteiger partial charge in [0.1, 0.15) is 6.61 Å². The first-order chi connectivity index (χ1) is 21.6. The number of likely N-dealkylation sites (tertiary alicyclic amines) is 1. The van der Waals surface area contributed by atoms with Crippen LogP contribution in [0.25, 0.3) is 0 Å². The Morgan fingerprint density at radius 2 is 1.36 bits per heavy atom. The highest BCUT2D eigenvalue weighted by Crippen LogP contribution is 2.35. The van der Waals surface area contributed by atoms with Crippen LogP contribution in [0.15, 0.2) is 132 Å². The van der Waals surface area contributed by atoms with Crippen LogP contribution in [0.4, 0.5) is 0 Å². The fourth-order valence-corrected chi connectivity index (χ4v) is 6.01. The van der Waals surface area contributed by atoms with Crippen LogP contribution in [0, 0.1) is 0 Å². The lowest BCUT2D eigenvalue weighted by atomic mass is 9.83. The van der Waals surface area contributed by atoms with Gasteiger partial charge in [0.15, 0.2) is 11.4 Å². The van der Waals surface area contributed by atoms with Crippen LogP contribution >= 0.6 is 0 Å². The lowest BCUT2D eigenvalue weighted by molar-refractivity contribution is 0.0429. The summed E-state index contributed by atoms with van der Waals surface area (Å²) in [7, 11) is 0. The van der Waals surface area contributed by atoms with E-state index >= 15 is 0 Å². The number of carbonyl (C=O) groups is 1. The van der Waals surface area contributed by atoms with Gasteiger partial charge in [-0.2, -0.15) is 5.10 Å². The molecule has 0 bridgehead atoms. The van der Waals surface area contributed by atoms with E-state index in [4.69, 9.17) is 4.74 Å². The zero-order chi connectivity index (χ0) is 30.3. The van der Waals surface area contributed by atoms with Crippen LogP contribution in [0.2, 0.25) is 0 Å². The molecule has 7 heteroatoms. The summed E-state index contributed by atoms with van der Waals surface area (Å²) < 4.78 is 7.58. The minimum absolute atomic E-state index is 0.0610. The number of aliphatic hydroxyl groups excluding tert-OH is 1. The Hall–Kier alpha value is -5.01. The van der Waals surface area contributed by atoms with Crippen molar-refractivity contribution in [3.63, 3.8) is 0 Å². The summed E-state index contributed by atoms with van der Waals surface area (Å²) in [6.07, 6.45) is 2.00. The summed E-state index contributed by atoms with van der Waals surface area (Å²) in [6.45, 7) is 0.963. The maximum atomic E-state index is 14.2. The SMILES string of the molecule is O=C(c1nn(Cc2ccccc2)cc(OCc2ccccc2)c1=O)N1CCC[C@@H]1[C@H](O)C(c1ccccc1)c1ccccc1. The Kier molecular flexibility index (Phi) is 8.94. The second-order valence-electron chi connectivity index (χ2n) is 11.1. The van der Waals surface area contributed by atoms with Crippen LogP contribution < -0.4 is 10.2 Å². The molecule has 44 heavy (non-hydrogen) atoms. The predicted octanol–water partition coefficient (Wildman–Crippen LogP) is 5.67. The Morgan fingerprint density at radius 1 is 0.818 bits per heavy atom. The van der Waals surface area contributed by atoms with Gasteiger partial charge in [-0.1, -0.05) is 121 Å². The first kappa shape index (κ1) is 29.1. The van der Waals surface area contributed by atoms with Crippen molar-refractivity contribution in [1.29, 1.82) is 0 Å². The van der Waals surface area contributed by atoms with E-state index in [2.05, 4.69) is 5.10 Å². The summed E-state index contributed by atoms with van der Waals surface area (Å²) in [6, 6.07) is 38.5. The fourth-order valence-electron chi connectivity index (χ4n) is 6.01. The molecule has 7 nitrogen and oxygen atoms in total. The van der Waals surface area contributed by atoms with Gasteiger partial charge < -0.3 is 14.7 Å². The third kappa shape index (κ3) is 6.48. The average molecular weight is 586 g/mol. The zero-order valence-electron chi connectivity index (χ0n) is 24.4. The van der Waals surface area contributed by atoms with Gasteiger partial charge in [0, 0.05) is 12.5 Å². The lowest BCUT2D eigenvalue weighted by Crippen LogP contribution is -2.47. The number of hydrogen-bond acceptors (Lipinski definition) is 5. The molecular formula is C37H35N3O4. The van der Waals surface area contributed by atoms with E-state index in [1.165, 1.54) is 0 Å². The van der Waals surface area contributed by atoms with E-state index in [0.29, 0.717) is 25.9 Å². The van der Waals surface area contributed by atoms with Gasteiger partial charge in [0.25, 0.3) is 11.3 Å². The Morgan fingerprint density at radius 3 is 1.95 bits per heavy atom. The monoisotopic (exact) mass is 585 g/mol. The number of ether oxygens (including phenoxy) is 1. The second kappa shape index (κ2) is 13.5. The summed E-state index contributed by atoms with van der Waals surface area (Å²) in [5.74, 6) is -0.784. The van der Waals surface area contributed by atoms with Crippen LogP contribution in [0.5, 0.6) is 5.75 Å². The normalized spacial score (nSPS) is 15.3. The number of amides is 1. The molecule has 222 valence electrons. The Balaban J connectivity index is 1.33. The van der Waals surface area contributed by atoms with Crippen molar-refractivity contribution >= 4 is 5.91 Å². The number of aliphatic hydroxyl groups is 1. The zero-order valence-corrected chi connectivity index (χ0v) is 24.4. The van der Waals surface area contributed by atoms with E-state index < -0.39 is 23.5 Å². The number of aromatic nitrogens is 2. The molecule has 5 aromatic rings. The molecular weight excluding hydrogens is 550 g/mol. The largest absolute Gasteiger partial charge is 0.483 e. The van der Waals surface area contributed by atoms with Crippen molar-refractivity contribution in [2.24, 2.45) is 0 Å². The molecule has 1 saturated heterocycles. The third-order valence-corrected chi connectivity index (χ3v) is 8.17. The van der Waals surface area contributed by atoms with Gasteiger partial charge in [-0.05, 0) is 35.1 Å². The minimum Gasteiger partial charge on any atom is -0.483 e. The van der Waals surface area contributed by atoms with Crippen LogP contribution in [0.1, 0.15) is 51.5 Å². The van der Waals surface area contributed by atoms with Gasteiger partial charge in [0.05, 0.1) is 24.9 Å². The fraction of sp³-hybridized carbons (Fsp3) is 0.216. The summed E-state index contributed by atoms with van der Waals surface area (Å²) in [4.78, 5) is 29.6. The standard InChI is InChI=1S/C37H35N3O4/c41-35(33(29-18-9-3-10-19-29)30-20-11-4-12-21-30)31-22-13-23-40(31)37(43)34-36(42)32(44-26-28-16-7-2-8-17-28)25-39(38-34)24-27-14-5-1-6-15-27/h1-12,14-21,25,31,33,35,41H,13,22-24,26H2/t31-,35+/m1/s1. The highest BCUT2D eigenvalue weighted by Gasteiger charge is 2.40. The highest BCUT2D eigenvalue weighted by molar-refractivity contribution is 5.93. The van der Waals surface area contributed by atoms with Crippen molar-refractivity contribution in [2.45, 2.75) is 44.1 Å². The van der Waals surface area contributed by atoms with Gasteiger partial charge in [0.2, 0.25) is 0 Å². The van der Waals surface area contributed by atoms with Crippen LogP contribution in [0.3, 0.4) is 0 Å². The summed E-state index contributed by atoms with van der Waals surface area (Å²) in [5, 5.41) is 16.5. The number of rotatable bonds is 10. The Bertz CT molecular complexity index is 1690. The molecule has 2 atom stereocenters. The molecule has 0 saturated carbocycles. The maximum Gasteiger partial charge on any atom is 0.278 e. The molecule has 4 aromatic carbocycles. The van der Waals surface area contributed by atoms with Crippen molar-refractivity contribution in [1.82, 2.24) is 14.7 Å². The van der Waals surface area contributed by atoms with Crippen molar-refractivity contribution in [2.75, 3.05) is 6.54 Å². The quantitative estimate of drug-likeness (QED) is 0.228. The topological polar surface area (TPSA) is 84.7 Å². The average Bonchev–Trinajstić information content (AvgIpc) is 3.57. The van der Waals surface area contributed by atoms with E-state index in [1.807, 2.05) is 121 Å². The van der Waals surface area contributed by atoms with E-state index in [1.54, 1.807) is 15.8 Å². The molecule has 0 aliphatic carbocycles. The maximum absolute atomic E-state index is 14.2. The Labute approximate surface area is 257 Å². The summed E-state index contributed by atoms with van der Waals surface area (Å²) >= 11 is 0. The third-order valence-electron chi connectivity index (χ3n) is 8.17. The number of hydrogen-bond donors (Lipinski definition) is 1. The van der Waals surface area contributed by atoms with Crippen molar-refractivity contribution < 1.29 is 14.6 Å². The molecule has 0 spiro atoms. The minimum atomic E-state index is -0.893. The van der Waals surface area contributed by atoms with Gasteiger partial charge in [-0.15, -0.1) is 0 Å². The van der Waals surface area contributed by atoms with Gasteiger partial charge in [-0.3, -0.25) is 14.3 Å². The van der Waals surface area contributed by atoms with Gasteiger partial charge in [-0.25, -0.2) is 0 Å². The molecule has 1 amide bonds. The van der Waals surface area contributed by atoms with Crippen molar-refractivity contribution in [3.8, 4) is 5.75 Å². The first-order valence-corrected chi connectivity index (χ1v) is 15.0. The molecule has 1 aliphatic rings. The van der Waals surface area contributed by atoms with Crippen molar-refractivity contribution in [3.05, 3.63) is 166 Å². The molecule has 1 fully saturated rings. The van der Waals surface area contributed by atoms with Crippen LogP contribution in [-0.4, -0.2) is 44.4 Å². The predicted molar refractivity (Wildman–Crippen MR) is 170 cm³/mol. The molecule has 0 radical (unpaired) electrons. The summed E-state index contributed by atoms with van der Waals surface area (Å²) in [5.41, 5.74) is 3.04. The smallest absolute Gasteiger partial charge is 0.278 e. The second-order valence-corrected chi connectivity index (χ2v) is 11.1. The van der Waals surface area contributed by atoms with E-state index in [-0.39, 0.29) is 24.0 Å². The molecule has 1 aliphatic heterocycles. The van der Waals surface area contributed by atoms with E-state index in [9.17, 15) is 14.7 Å². The van der Waals surface area contributed by atoms with Gasteiger partial charge >= 0.3 is 0 Å². The highest BCUT2D eigenvalue weighted by atomic mass is 16.5. The number of nitrogens with zero attached hydrogens (tertiary/aromatic N) is 3. The number of benzene rings is 4. The lowest BCUT2D eigenvalue weighted by Gasteiger charge is -2.34.